The van der Waals surface area contributed by atoms with Crippen LogP contribution in [0, 0.1) is 0 Å². The van der Waals surface area contributed by atoms with Gasteiger partial charge in [-0.1, -0.05) is 11.6 Å². The van der Waals surface area contributed by atoms with E-state index < -0.39 is 11.7 Å². The van der Waals surface area contributed by atoms with Crippen LogP contribution >= 0.6 is 11.6 Å². The summed E-state index contributed by atoms with van der Waals surface area (Å²) in [6, 6.07) is 6.82. The van der Waals surface area contributed by atoms with E-state index in [2.05, 4.69) is 0 Å². The molecule has 0 spiro atoms. The summed E-state index contributed by atoms with van der Waals surface area (Å²) in [7, 11) is 0. The maximum absolute atomic E-state index is 12.1. The Morgan fingerprint density at radius 2 is 1.89 bits per heavy atom. The molecule has 0 atom stereocenters. The van der Waals surface area contributed by atoms with Crippen molar-refractivity contribution >= 4 is 29.7 Å². The van der Waals surface area contributed by atoms with Crippen LogP contribution in [0.25, 0.3) is 0 Å². The molecule has 1 aromatic rings. The quantitative estimate of drug-likeness (QED) is 0.792. The summed E-state index contributed by atoms with van der Waals surface area (Å²) >= 11 is 5.82. The van der Waals surface area contributed by atoms with Gasteiger partial charge in [0.1, 0.15) is 11.9 Å². The summed E-state index contributed by atoms with van der Waals surface area (Å²) in [4.78, 5) is 24.0. The average Bonchev–Trinajstić information content (AvgIpc) is 2.29. The molecule has 19 heavy (non-hydrogen) atoms. The lowest BCUT2D eigenvalue weighted by Crippen LogP contribution is -2.37. The highest BCUT2D eigenvalue weighted by Crippen LogP contribution is 2.20. The minimum atomic E-state index is -0.580. The molecule has 0 N–H and O–H groups in total. The normalized spacial score (nSPS) is 10.9. The van der Waals surface area contributed by atoms with Crippen LogP contribution in [0.5, 0.6) is 0 Å². The Labute approximate surface area is 118 Å². The predicted molar refractivity (Wildman–Crippen MR) is 75.7 cm³/mol. The number of ether oxygens (including phenoxy) is 1. The molecule has 0 aliphatic carbocycles. The summed E-state index contributed by atoms with van der Waals surface area (Å²) in [6.07, 6.45) is 0.548. The van der Waals surface area contributed by atoms with Gasteiger partial charge in [-0.3, -0.25) is 4.90 Å². The van der Waals surface area contributed by atoms with Gasteiger partial charge in [-0.25, -0.2) is 4.79 Å². The van der Waals surface area contributed by atoms with Crippen molar-refractivity contribution in [3.63, 3.8) is 0 Å². The fraction of sp³-hybridized carbons (Fsp3) is 0.429. The number of carbonyl (C=O) groups excluding carboxylic acids is 2. The van der Waals surface area contributed by atoms with Gasteiger partial charge in [-0.2, -0.15) is 0 Å². The topological polar surface area (TPSA) is 46.6 Å². The third kappa shape index (κ3) is 5.30. The highest BCUT2D eigenvalue weighted by molar-refractivity contribution is 6.30. The molecule has 0 bridgehead atoms. The summed E-state index contributed by atoms with van der Waals surface area (Å²) < 4.78 is 5.32. The van der Waals surface area contributed by atoms with Crippen molar-refractivity contribution in [3.8, 4) is 0 Å². The summed E-state index contributed by atoms with van der Waals surface area (Å²) in [6.45, 7) is 5.67. The summed E-state index contributed by atoms with van der Waals surface area (Å²) in [5.74, 6) is 0. The number of anilines is 1. The molecule has 0 radical (unpaired) electrons. The van der Waals surface area contributed by atoms with Crippen molar-refractivity contribution < 1.29 is 14.3 Å². The third-order valence-corrected chi connectivity index (χ3v) is 2.47. The van der Waals surface area contributed by atoms with E-state index in [1.54, 1.807) is 45.0 Å². The second-order valence-corrected chi connectivity index (χ2v) is 5.50. The number of hydrogen-bond acceptors (Lipinski definition) is 3. The van der Waals surface area contributed by atoms with Crippen molar-refractivity contribution in [2.45, 2.75) is 32.8 Å². The molecule has 0 heterocycles. The number of hydrogen-bond donors (Lipinski definition) is 0. The highest BCUT2D eigenvalue weighted by Gasteiger charge is 2.23. The van der Waals surface area contributed by atoms with E-state index in [9.17, 15) is 9.59 Å². The van der Waals surface area contributed by atoms with E-state index in [0.29, 0.717) is 10.7 Å². The third-order valence-electron chi connectivity index (χ3n) is 2.22. The summed E-state index contributed by atoms with van der Waals surface area (Å²) in [5, 5.41) is 0.586. The second-order valence-electron chi connectivity index (χ2n) is 5.06. The van der Waals surface area contributed by atoms with Gasteiger partial charge in [0.25, 0.3) is 0 Å². The summed E-state index contributed by atoms with van der Waals surface area (Å²) in [5.41, 5.74) is 0.0728. The molecule has 1 amide bonds. The average molecular weight is 284 g/mol. The van der Waals surface area contributed by atoms with Crippen molar-refractivity contribution in [1.29, 1.82) is 0 Å². The van der Waals surface area contributed by atoms with Crippen LogP contribution in [-0.2, 0) is 9.53 Å². The van der Waals surface area contributed by atoms with Crippen molar-refractivity contribution in [2.75, 3.05) is 11.4 Å². The lowest BCUT2D eigenvalue weighted by atomic mass is 10.2. The standard InChI is InChI=1S/C14H18ClNO3/c1-14(2,3)19-13(18)16(9-4-10-17)12-7-5-11(15)6-8-12/h5-8,10H,4,9H2,1-3H3. The van der Waals surface area contributed by atoms with Gasteiger partial charge in [0.2, 0.25) is 0 Å². The molecule has 0 saturated carbocycles. The van der Waals surface area contributed by atoms with Gasteiger partial charge < -0.3 is 9.53 Å². The zero-order valence-corrected chi connectivity index (χ0v) is 12.1. The number of rotatable bonds is 4. The predicted octanol–water partition coefficient (Wildman–Crippen LogP) is 3.67. The van der Waals surface area contributed by atoms with Crippen LogP contribution in [0.3, 0.4) is 0 Å². The molecule has 0 aromatic heterocycles. The molecule has 0 unspecified atom stereocenters. The van der Waals surface area contributed by atoms with E-state index in [1.165, 1.54) is 4.90 Å². The zero-order chi connectivity index (χ0) is 14.5. The van der Waals surface area contributed by atoms with E-state index in [-0.39, 0.29) is 13.0 Å². The van der Waals surface area contributed by atoms with Crippen LogP contribution in [-0.4, -0.2) is 24.5 Å². The Bertz CT molecular complexity index is 437. The Hall–Kier alpha value is -1.55. The largest absolute Gasteiger partial charge is 0.443 e. The van der Waals surface area contributed by atoms with E-state index in [4.69, 9.17) is 16.3 Å². The first-order valence-corrected chi connectivity index (χ1v) is 6.41. The molecule has 104 valence electrons. The van der Waals surface area contributed by atoms with Gasteiger partial charge in [0, 0.05) is 23.7 Å². The Balaban J connectivity index is 2.90. The highest BCUT2D eigenvalue weighted by atomic mass is 35.5. The monoisotopic (exact) mass is 283 g/mol. The molecule has 4 nitrogen and oxygen atoms in total. The SMILES string of the molecule is CC(C)(C)OC(=O)N(CCC=O)c1ccc(Cl)cc1. The number of aldehydes is 1. The Morgan fingerprint density at radius 1 is 1.32 bits per heavy atom. The maximum atomic E-state index is 12.1. The molecular weight excluding hydrogens is 266 g/mol. The molecular formula is C14H18ClNO3. The van der Waals surface area contributed by atoms with Crippen LogP contribution in [0.4, 0.5) is 10.5 Å². The van der Waals surface area contributed by atoms with Gasteiger partial charge in [-0.15, -0.1) is 0 Å². The van der Waals surface area contributed by atoms with Crippen LogP contribution in [0.2, 0.25) is 5.02 Å². The lowest BCUT2D eigenvalue weighted by Gasteiger charge is -2.27. The molecule has 0 aliphatic rings. The first kappa shape index (κ1) is 15.5. The number of carbonyl (C=O) groups is 2. The lowest BCUT2D eigenvalue weighted by molar-refractivity contribution is -0.107. The minimum absolute atomic E-state index is 0.252. The number of nitrogens with zero attached hydrogens (tertiary/aromatic N) is 1. The van der Waals surface area contributed by atoms with E-state index in [0.717, 1.165) is 6.29 Å². The van der Waals surface area contributed by atoms with Crippen LogP contribution < -0.4 is 4.90 Å². The van der Waals surface area contributed by atoms with Crippen LogP contribution in [0.15, 0.2) is 24.3 Å². The van der Waals surface area contributed by atoms with Gasteiger partial charge in [0.05, 0.1) is 0 Å². The zero-order valence-electron chi connectivity index (χ0n) is 11.4. The fourth-order valence-electron chi connectivity index (χ4n) is 1.45. The Kier molecular flexibility index (Phi) is 5.36. The number of halogens is 1. The van der Waals surface area contributed by atoms with Crippen molar-refractivity contribution in [3.05, 3.63) is 29.3 Å². The molecule has 0 aliphatic heterocycles. The first-order chi connectivity index (χ1) is 8.83. The van der Waals surface area contributed by atoms with Gasteiger partial charge >= 0.3 is 6.09 Å². The Morgan fingerprint density at radius 3 is 2.37 bits per heavy atom. The van der Waals surface area contributed by atoms with Crippen molar-refractivity contribution in [2.24, 2.45) is 0 Å². The minimum Gasteiger partial charge on any atom is -0.443 e. The molecule has 0 saturated heterocycles. The van der Waals surface area contributed by atoms with Gasteiger partial charge in [0.15, 0.2) is 0 Å². The maximum Gasteiger partial charge on any atom is 0.414 e. The molecule has 1 rings (SSSR count). The van der Waals surface area contributed by atoms with Crippen LogP contribution in [0.1, 0.15) is 27.2 Å². The molecule has 5 heteroatoms. The molecule has 0 fully saturated rings. The second kappa shape index (κ2) is 6.57. The molecule has 1 aromatic carbocycles. The van der Waals surface area contributed by atoms with Gasteiger partial charge in [-0.05, 0) is 45.0 Å². The van der Waals surface area contributed by atoms with Crippen molar-refractivity contribution in [1.82, 2.24) is 0 Å². The number of benzene rings is 1. The van der Waals surface area contributed by atoms with E-state index >= 15 is 0 Å². The smallest absolute Gasteiger partial charge is 0.414 e. The van der Waals surface area contributed by atoms with E-state index in [1.807, 2.05) is 0 Å². The first-order valence-electron chi connectivity index (χ1n) is 6.03. The number of amides is 1. The fourth-order valence-corrected chi connectivity index (χ4v) is 1.57.